The molecule has 0 aliphatic heterocycles. The predicted molar refractivity (Wildman–Crippen MR) is 63.8 cm³/mol. The summed E-state index contributed by atoms with van der Waals surface area (Å²) in [5.74, 6) is 0. The molecule has 3 rings (SSSR count). The molecule has 0 bridgehead atoms. The molecular formula is C9H5IN4O. The average molecular weight is 312 g/mol. The standard InChI is InChI=1S/C9H5IN4O/c10-5-2-1-3-6-7(5)8-11-4-12-14(8)9(15)13-6/h1-4H,(H,13,15). The van der Waals surface area contributed by atoms with Gasteiger partial charge in [0.2, 0.25) is 0 Å². The summed E-state index contributed by atoms with van der Waals surface area (Å²) in [5, 5.41) is 4.79. The molecule has 0 atom stereocenters. The summed E-state index contributed by atoms with van der Waals surface area (Å²) in [7, 11) is 0. The lowest BCUT2D eigenvalue weighted by atomic mass is 10.2. The van der Waals surface area contributed by atoms with Gasteiger partial charge in [0.05, 0.1) is 10.9 Å². The maximum atomic E-state index is 11.6. The molecule has 0 fully saturated rings. The SMILES string of the molecule is O=c1[nH]c2cccc(I)c2c2ncnn12. The molecule has 0 aliphatic rings. The number of nitrogens with one attached hydrogen (secondary N) is 1. The van der Waals surface area contributed by atoms with E-state index in [0.717, 1.165) is 14.5 Å². The van der Waals surface area contributed by atoms with Crippen LogP contribution in [0.2, 0.25) is 0 Å². The fourth-order valence-electron chi connectivity index (χ4n) is 1.58. The van der Waals surface area contributed by atoms with Crippen molar-refractivity contribution in [1.82, 2.24) is 19.6 Å². The number of aromatic amines is 1. The Morgan fingerprint density at radius 2 is 2.27 bits per heavy atom. The Morgan fingerprint density at radius 3 is 3.13 bits per heavy atom. The molecule has 3 aromatic rings. The van der Waals surface area contributed by atoms with E-state index in [4.69, 9.17) is 0 Å². The van der Waals surface area contributed by atoms with Crippen LogP contribution in [-0.2, 0) is 0 Å². The van der Waals surface area contributed by atoms with Gasteiger partial charge in [0.25, 0.3) is 0 Å². The molecule has 0 unspecified atom stereocenters. The molecule has 1 aromatic carbocycles. The lowest BCUT2D eigenvalue weighted by Crippen LogP contribution is -2.17. The molecule has 0 amide bonds. The molecule has 0 saturated carbocycles. The fraction of sp³-hybridized carbons (Fsp3) is 0. The summed E-state index contributed by atoms with van der Waals surface area (Å²) < 4.78 is 2.31. The molecule has 2 heterocycles. The van der Waals surface area contributed by atoms with Crippen LogP contribution in [0.3, 0.4) is 0 Å². The third kappa shape index (κ3) is 1.17. The second kappa shape index (κ2) is 3.02. The summed E-state index contributed by atoms with van der Waals surface area (Å²) in [4.78, 5) is 18.4. The van der Waals surface area contributed by atoms with Crippen molar-refractivity contribution in [1.29, 1.82) is 0 Å². The Kier molecular flexibility index (Phi) is 1.78. The van der Waals surface area contributed by atoms with Crippen LogP contribution in [0.15, 0.2) is 29.3 Å². The second-order valence-corrected chi connectivity index (χ2v) is 4.25. The Hall–Kier alpha value is -1.44. The summed E-state index contributed by atoms with van der Waals surface area (Å²) in [6.45, 7) is 0. The van der Waals surface area contributed by atoms with Gasteiger partial charge in [0.15, 0.2) is 5.65 Å². The summed E-state index contributed by atoms with van der Waals surface area (Å²) >= 11 is 2.21. The minimum atomic E-state index is -0.267. The first-order valence-electron chi connectivity index (χ1n) is 4.27. The van der Waals surface area contributed by atoms with Gasteiger partial charge >= 0.3 is 5.69 Å². The van der Waals surface area contributed by atoms with Crippen molar-refractivity contribution >= 4 is 39.1 Å². The van der Waals surface area contributed by atoms with Crippen molar-refractivity contribution in [3.8, 4) is 0 Å². The minimum Gasteiger partial charge on any atom is -0.305 e. The first kappa shape index (κ1) is 8.84. The number of aromatic nitrogens is 4. The van der Waals surface area contributed by atoms with Gasteiger partial charge in [0.1, 0.15) is 6.33 Å². The number of fused-ring (bicyclic) bond motifs is 3. The van der Waals surface area contributed by atoms with Gasteiger partial charge in [-0.2, -0.15) is 9.61 Å². The lowest BCUT2D eigenvalue weighted by Gasteiger charge is -2.00. The van der Waals surface area contributed by atoms with Crippen LogP contribution in [-0.4, -0.2) is 19.6 Å². The number of H-pyrrole nitrogens is 1. The van der Waals surface area contributed by atoms with Crippen LogP contribution in [0.25, 0.3) is 16.6 Å². The van der Waals surface area contributed by atoms with E-state index in [-0.39, 0.29) is 5.69 Å². The number of rotatable bonds is 0. The van der Waals surface area contributed by atoms with Crippen molar-refractivity contribution in [3.05, 3.63) is 38.6 Å². The Bertz CT molecular complexity index is 715. The third-order valence-electron chi connectivity index (χ3n) is 2.22. The molecule has 0 spiro atoms. The van der Waals surface area contributed by atoms with E-state index in [1.54, 1.807) is 0 Å². The van der Waals surface area contributed by atoms with E-state index in [1.165, 1.54) is 10.8 Å². The van der Waals surface area contributed by atoms with Gasteiger partial charge in [-0.3, -0.25) is 0 Å². The summed E-state index contributed by atoms with van der Waals surface area (Å²) in [6.07, 6.45) is 1.38. The third-order valence-corrected chi connectivity index (χ3v) is 3.12. The van der Waals surface area contributed by atoms with Crippen molar-refractivity contribution in [2.24, 2.45) is 0 Å². The van der Waals surface area contributed by atoms with Crippen LogP contribution in [0.4, 0.5) is 0 Å². The zero-order chi connectivity index (χ0) is 10.4. The number of benzene rings is 1. The maximum absolute atomic E-state index is 11.6. The highest BCUT2D eigenvalue weighted by atomic mass is 127. The molecule has 5 nitrogen and oxygen atoms in total. The molecule has 2 aromatic heterocycles. The number of halogens is 1. The Balaban J connectivity index is 2.74. The fourth-order valence-corrected chi connectivity index (χ4v) is 2.32. The van der Waals surface area contributed by atoms with E-state index in [9.17, 15) is 4.79 Å². The van der Waals surface area contributed by atoms with E-state index >= 15 is 0 Å². The molecule has 1 N–H and O–H groups in total. The van der Waals surface area contributed by atoms with Gasteiger partial charge in [-0.15, -0.1) is 0 Å². The molecule has 74 valence electrons. The largest absolute Gasteiger partial charge is 0.348 e. The zero-order valence-corrected chi connectivity index (χ0v) is 9.59. The van der Waals surface area contributed by atoms with Crippen molar-refractivity contribution < 1.29 is 0 Å². The van der Waals surface area contributed by atoms with Crippen molar-refractivity contribution in [2.45, 2.75) is 0 Å². The molecule has 15 heavy (non-hydrogen) atoms. The first-order valence-corrected chi connectivity index (χ1v) is 5.35. The lowest BCUT2D eigenvalue weighted by molar-refractivity contribution is 0.881. The Morgan fingerprint density at radius 1 is 1.40 bits per heavy atom. The van der Waals surface area contributed by atoms with Crippen LogP contribution in [0.1, 0.15) is 0 Å². The van der Waals surface area contributed by atoms with Crippen molar-refractivity contribution in [2.75, 3.05) is 0 Å². The molecule has 0 aliphatic carbocycles. The normalized spacial score (nSPS) is 11.3. The average Bonchev–Trinajstić information content (AvgIpc) is 2.66. The highest BCUT2D eigenvalue weighted by molar-refractivity contribution is 14.1. The predicted octanol–water partition coefficient (Wildman–Crippen LogP) is 1.18. The topological polar surface area (TPSA) is 63.0 Å². The minimum absolute atomic E-state index is 0.267. The molecule has 6 heteroatoms. The van der Waals surface area contributed by atoms with E-state index in [1.807, 2.05) is 18.2 Å². The van der Waals surface area contributed by atoms with Gasteiger partial charge in [0, 0.05) is 3.57 Å². The number of hydrogen-bond donors (Lipinski definition) is 1. The Labute approximate surface area is 97.3 Å². The maximum Gasteiger partial charge on any atom is 0.348 e. The van der Waals surface area contributed by atoms with E-state index in [0.29, 0.717) is 5.65 Å². The van der Waals surface area contributed by atoms with Crippen LogP contribution < -0.4 is 5.69 Å². The highest BCUT2D eigenvalue weighted by Crippen LogP contribution is 2.20. The highest BCUT2D eigenvalue weighted by Gasteiger charge is 2.08. The zero-order valence-electron chi connectivity index (χ0n) is 7.44. The second-order valence-electron chi connectivity index (χ2n) is 3.09. The van der Waals surface area contributed by atoms with Crippen LogP contribution in [0.5, 0.6) is 0 Å². The molecule has 0 saturated heterocycles. The first-order chi connectivity index (χ1) is 7.27. The van der Waals surface area contributed by atoms with E-state index < -0.39 is 0 Å². The van der Waals surface area contributed by atoms with Gasteiger partial charge < -0.3 is 4.98 Å². The monoisotopic (exact) mass is 312 g/mol. The molecular weight excluding hydrogens is 307 g/mol. The number of hydrogen-bond acceptors (Lipinski definition) is 3. The van der Waals surface area contributed by atoms with Crippen LogP contribution in [0, 0.1) is 3.57 Å². The van der Waals surface area contributed by atoms with Gasteiger partial charge in [-0.1, -0.05) is 6.07 Å². The quantitative estimate of drug-likeness (QED) is 0.634. The van der Waals surface area contributed by atoms with Gasteiger partial charge in [-0.05, 0) is 34.7 Å². The van der Waals surface area contributed by atoms with Gasteiger partial charge in [-0.25, -0.2) is 9.78 Å². The van der Waals surface area contributed by atoms with Crippen molar-refractivity contribution in [3.63, 3.8) is 0 Å². The molecule has 0 radical (unpaired) electrons. The summed E-state index contributed by atoms with van der Waals surface area (Å²) in [5.41, 5.74) is 1.11. The van der Waals surface area contributed by atoms with E-state index in [2.05, 4.69) is 37.7 Å². The summed E-state index contributed by atoms with van der Waals surface area (Å²) in [6, 6.07) is 5.72. The number of nitrogens with zero attached hydrogens (tertiary/aromatic N) is 3. The smallest absolute Gasteiger partial charge is 0.305 e. The van der Waals surface area contributed by atoms with Crippen LogP contribution >= 0.6 is 22.6 Å².